The lowest BCUT2D eigenvalue weighted by Gasteiger charge is -2.05. The Bertz CT molecular complexity index is 364. The number of alkyl halides is 3. The van der Waals surface area contributed by atoms with E-state index in [2.05, 4.69) is 20.9 Å². The third-order valence-corrected chi connectivity index (χ3v) is 2.08. The highest BCUT2D eigenvalue weighted by molar-refractivity contribution is 9.08. The number of nitrogen functional groups attached to an aromatic ring is 1. The Morgan fingerprint density at radius 3 is 2.69 bits per heavy atom. The van der Waals surface area contributed by atoms with Crippen LogP contribution in [0.1, 0.15) is 17.7 Å². The van der Waals surface area contributed by atoms with Gasteiger partial charge >= 0.3 is 0 Å². The zero-order valence-electron chi connectivity index (χ0n) is 6.48. The van der Waals surface area contributed by atoms with Crippen LogP contribution < -0.4 is 11.2 Å². The molecule has 3 N–H and O–H groups in total. The van der Waals surface area contributed by atoms with Gasteiger partial charge in [-0.05, 0) is 0 Å². The van der Waals surface area contributed by atoms with E-state index in [4.69, 9.17) is 5.73 Å². The highest BCUT2D eigenvalue weighted by atomic mass is 79.9. The van der Waals surface area contributed by atoms with E-state index in [9.17, 15) is 13.6 Å². The van der Waals surface area contributed by atoms with Crippen LogP contribution >= 0.6 is 15.9 Å². The van der Waals surface area contributed by atoms with Crippen molar-refractivity contribution in [3.05, 3.63) is 27.5 Å². The monoisotopic (exact) mass is 252 g/mol. The van der Waals surface area contributed by atoms with E-state index in [1.54, 1.807) is 0 Å². The number of nitrogens with two attached hydrogens (primary N) is 1. The van der Waals surface area contributed by atoms with Gasteiger partial charge in [-0.2, -0.15) is 0 Å². The molecule has 0 saturated carbocycles. The summed E-state index contributed by atoms with van der Waals surface area (Å²) < 4.78 is 24.7. The highest BCUT2D eigenvalue weighted by Crippen LogP contribution is 2.20. The molecule has 72 valence electrons. The number of nitrogens with one attached hydrogen (secondary N) is 1. The van der Waals surface area contributed by atoms with Crippen LogP contribution in [0.4, 0.5) is 14.6 Å². The molecular formula is C7H7BrF2N2O. The second-order valence-electron chi connectivity index (χ2n) is 2.42. The first kappa shape index (κ1) is 10.2. The van der Waals surface area contributed by atoms with Crippen molar-refractivity contribution in [2.75, 3.05) is 5.73 Å². The van der Waals surface area contributed by atoms with Crippen LogP contribution in [0.2, 0.25) is 0 Å². The third-order valence-electron chi connectivity index (χ3n) is 1.52. The number of anilines is 1. The van der Waals surface area contributed by atoms with Crippen molar-refractivity contribution in [1.82, 2.24) is 4.98 Å². The third kappa shape index (κ3) is 2.06. The van der Waals surface area contributed by atoms with Gasteiger partial charge in [-0.1, -0.05) is 15.9 Å². The first-order chi connectivity index (χ1) is 6.06. The molecule has 0 fully saturated rings. The fourth-order valence-electron chi connectivity index (χ4n) is 0.990. The Kier molecular flexibility index (Phi) is 3.02. The summed E-state index contributed by atoms with van der Waals surface area (Å²) in [6.07, 6.45) is -2.78. The van der Waals surface area contributed by atoms with Crippen molar-refractivity contribution >= 4 is 21.7 Å². The first-order valence-corrected chi connectivity index (χ1v) is 4.54. The molecule has 0 bridgehead atoms. The molecule has 0 aromatic carbocycles. The molecular weight excluding hydrogens is 246 g/mol. The van der Waals surface area contributed by atoms with Crippen molar-refractivity contribution in [3.63, 3.8) is 0 Å². The summed E-state index contributed by atoms with van der Waals surface area (Å²) in [6.45, 7) is 0. The fraction of sp³-hybridized carbons (Fsp3) is 0.286. The van der Waals surface area contributed by atoms with Gasteiger partial charge in [0, 0.05) is 17.1 Å². The number of hydrogen-bond donors (Lipinski definition) is 2. The van der Waals surface area contributed by atoms with E-state index in [0.29, 0.717) is 0 Å². The minimum Gasteiger partial charge on any atom is -0.385 e. The molecule has 0 atom stereocenters. The summed E-state index contributed by atoms with van der Waals surface area (Å²) in [5.74, 6) is 0.0869. The summed E-state index contributed by atoms with van der Waals surface area (Å²) >= 11 is 2.99. The van der Waals surface area contributed by atoms with Gasteiger partial charge in [0.05, 0.1) is 5.56 Å². The van der Waals surface area contributed by atoms with Crippen molar-refractivity contribution in [1.29, 1.82) is 0 Å². The van der Waals surface area contributed by atoms with E-state index in [1.807, 2.05) is 0 Å². The largest absolute Gasteiger partial charge is 0.385 e. The van der Waals surface area contributed by atoms with E-state index < -0.39 is 17.4 Å². The first-order valence-electron chi connectivity index (χ1n) is 3.42. The lowest BCUT2D eigenvalue weighted by molar-refractivity contribution is 0.149. The number of aromatic amines is 1. The fourth-order valence-corrected chi connectivity index (χ4v) is 1.43. The highest BCUT2D eigenvalue weighted by Gasteiger charge is 2.17. The molecule has 0 aliphatic carbocycles. The van der Waals surface area contributed by atoms with Crippen LogP contribution in [0.5, 0.6) is 0 Å². The molecule has 0 aliphatic heterocycles. The second kappa shape index (κ2) is 3.87. The van der Waals surface area contributed by atoms with Gasteiger partial charge in [0.25, 0.3) is 6.43 Å². The normalized spacial score (nSPS) is 10.8. The maximum Gasteiger partial charge on any atom is 0.269 e. The Morgan fingerprint density at radius 1 is 1.62 bits per heavy atom. The number of hydrogen-bond acceptors (Lipinski definition) is 2. The molecule has 0 saturated heterocycles. The smallest absolute Gasteiger partial charge is 0.269 e. The van der Waals surface area contributed by atoms with Crippen LogP contribution in [-0.4, -0.2) is 4.98 Å². The van der Waals surface area contributed by atoms with E-state index >= 15 is 0 Å². The predicted molar refractivity (Wildman–Crippen MR) is 49.1 cm³/mol. The van der Waals surface area contributed by atoms with Crippen LogP contribution in [0, 0.1) is 0 Å². The van der Waals surface area contributed by atoms with E-state index in [-0.39, 0.29) is 16.8 Å². The second-order valence-corrected chi connectivity index (χ2v) is 2.98. The molecule has 0 spiro atoms. The van der Waals surface area contributed by atoms with Gasteiger partial charge in [-0.25, -0.2) is 8.78 Å². The molecule has 3 nitrogen and oxygen atoms in total. The number of aromatic nitrogens is 1. The Hall–Kier alpha value is -0.910. The lowest BCUT2D eigenvalue weighted by Crippen LogP contribution is -2.14. The lowest BCUT2D eigenvalue weighted by atomic mass is 10.2. The summed E-state index contributed by atoms with van der Waals surface area (Å²) in [5, 5.41) is 0.146. The molecule has 1 aromatic heterocycles. The zero-order valence-corrected chi connectivity index (χ0v) is 8.07. The average Bonchev–Trinajstić information content (AvgIpc) is 2.01. The van der Waals surface area contributed by atoms with E-state index in [0.717, 1.165) is 6.07 Å². The Labute approximate surface area is 81.1 Å². The molecule has 13 heavy (non-hydrogen) atoms. The van der Waals surface area contributed by atoms with Crippen molar-refractivity contribution in [2.45, 2.75) is 11.8 Å². The summed E-state index contributed by atoms with van der Waals surface area (Å²) in [7, 11) is 0. The van der Waals surface area contributed by atoms with E-state index in [1.165, 1.54) is 0 Å². The van der Waals surface area contributed by atoms with Gasteiger partial charge in [0.15, 0.2) is 5.43 Å². The molecule has 1 rings (SSSR count). The van der Waals surface area contributed by atoms with Gasteiger partial charge < -0.3 is 10.7 Å². The molecule has 0 amide bonds. The molecule has 0 radical (unpaired) electrons. The van der Waals surface area contributed by atoms with Crippen LogP contribution in [0.15, 0.2) is 10.9 Å². The number of H-pyrrole nitrogens is 1. The standard InChI is InChI=1S/C7H7BrF2N2O/c8-2-3-6(7(9)10)4(13)1-5(11)12-3/h1,7H,2H2,(H3,11,12,13). The van der Waals surface area contributed by atoms with Gasteiger partial charge in [0.1, 0.15) is 5.82 Å². The minimum atomic E-state index is -2.78. The minimum absolute atomic E-state index is 0.0869. The summed E-state index contributed by atoms with van der Waals surface area (Å²) in [6, 6.07) is 0.952. The summed E-state index contributed by atoms with van der Waals surface area (Å²) in [5.41, 5.74) is 4.15. The SMILES string of the molecule is Nc1cc(=O)c(C(F)F)c(CBr)[nH]1. The molecule has 1 aromatic rings. The predicted octanol–water partition coefficient (Wildman–Crippen LogP) is 1.79. The van der Waals surface area contributed by atoms with Crippen molar-refractivity contribution in [2.24, 2.45) is 0 Å². The maximum atomic E-state index is 12.3. The average molecular weight is 253 g/mol. The number of pyridine rings is 1. The van der Waals surface area contributed by atoms with Gasteiger partial charge in [-0.3, -0.25) is 4.79 Å². The van der Waals surface area contributed by atoms with Gasteiger partial charge in [-0.15, -0.1) is 0 Å². The number of halogens is 3. The molecule has 0 aliphatic rings. The zero-order chi connectivity index (χ0) is 10.0. The molecule has 6 heteroatoms. The van der Waals surface area contributed by atoms with Crippen molar-refractivity contribution < 1.29 is 8.78 Å². The van der Waals surface area contributed by atoms with Crippen molar-refractivity contribution in [3.8, 4) is 0 Å². The summed E-state index contributed by atoms with van der Waals surface area (Å²) in [4.78, 5) is 13.6. The Morgan fingerprint density at radius 2 is 2.23 bits per heavy atom. The van der Waals surface area contributed by atoms with Crippen LogP contribution in [-0.2, 0) is 5.33 Å². The topological polar surface area (TPSA) is 58.9 Å². The molecule has 1 heterocycles. The quantitative estimate of drug-likeness (QED) is 0.789. The van der Waals surface area contributed by atoms with Crippen LogP contribution in [0.25, 0.3) is 0 Å². The molecule has 0 unspecified atom stereocenters. The van der Waals surface area contributed by atoms with Crippen LogP contribution in [0.3, 0.4) is 0 Å². The Balaban J connectivity index is 3.39. The maximum absolute atomic E-state index is 12.3. The van der Waals surface area contributed by atoms with Gasteiger partial charge in [0.2, 0.25) is 0 Å². The number of rotatable bonds is 2.